The van der Waals surface area contributed by atoms with Crippen LogP contribution in [0.5, 0.6) is 0 Å². The lowest BCUT2D eigenvalue weighted by atomic mass is 10.1. The summed E-state index contributed by atoms with van der Waals surface area (Å²) >= 11 is 6.04. The van der Waals surface area contributed by atoms with E-state index in [0.29, 0.717) is 17.3 Å². The zero-order chi connectivity index (χ0) is 13.1. The van der Waals surface area contributed by atoms with Gasteiger partial charge in [-0.25, -0.2) is 5.48 Å². The molecule has 2 rings (SSSR count). The van der Waals surface area contributed by atoms with Gasteiger partial charge in [-0.3, -0.25) is 14.4 Å². The molecule has 0 unspecified atom stereocenters. The molecule has 1 aliphatic rings. The van der Waals surface area contributed by atoms with Crippen LogP contribution < -0.4 is 10.4 Å². The van der Waals surface area contributed by atoms with Gasteiger partial charge in [-0.2, -0.15) is 0 Å². The Hall–Kier alpha value is -1.59. The van der Waals surface area contributed by atoms with E-state index >= 15 is 0 Å². The van der Waals surface area contributed by atoms with Crippen LogP contribution in [-0.2, 0) is 14.4 Å². The van der Waals surface area contributed by atoms with E-state index < -0.39 is 5.92 Å². The summed E-state index contributed by atoms with van der Waals surface area (Å²) in [5.41, 5.74) is 2.88. The van der Waals surface area contributed by atoms with Crippen molar-refractivity contribution < 1.29 is 14.4 Å². The Morgan fingerprint density at radius 1 is 1.50 bits per heavy atom. The minimum atomic E-state index is -0.409. The van der Waals surface area contributed by atoms with E-state index in [4.69, 9.17) is 11.6 Å². The van der Waals surface area contributed by atoms with E-state index in [0.717, 1.165) is 0 Å². The normalized spacial score (nSPS) is 19.1. The minimum Gasteiger partial charge on any atom is -0.310 e. The molecular weight excluding hydrogens is 256 g/mol. The standard InChI is InChI=1S/C12H13ClN2O3/c1-18-14-12(17)8-6-11(16)15(7-8)10-5-3-2-4-9(10)13/h2-5,8H,6-7H2,1H3,(H,14,17)/t8-/m1/s1. The molecule has 2 amide bonds. The smallest absolute Gasteiger partial charge is 0.248 e. The maximum Gasteiger partial charge on any atom is 0.248 e. The van der Waals surface area contributed by atoms with Crippen LogP contribution in [0.1, 0.15) is 6.42 Å². The number of anilines is 1. The van der Waals surface area contributed by atoms with Gasteiger partial charge in [0.1, 0.15) is 0 Å². The first-order chi connectivity index (χ1) is 8.63. The largest absolute Gasteiger partial charge is 0.310 e. The Labute approximate surface area is 110 Å². The van der Waals surface area contributed by atoms with Crippen molar-refractivity contribution in [2.45, 2.75) is 6.42 Å². The molecule has 1 N–H and O–H groups in total. The summed E-state index contributed by atoms with van der Waals surface area (Å²) < 4.78 is 0. The summed E-state index contributed by atoms with van der Waals surface area (Å²) in [6, 6.07) is 7.07. The van der Waals surface area contributed by atoms with Crippen LogP contribution in [-0.4, -0.2) is 25.5 Å². The van der Waals surface area contributed by atoms with E-state index in [1.54, 1.807) is 24.3 Å². The first kappa shape index (κ1) is 12.9. The topological polar surface area (TPSA) is 58.6 Å². The van der Waals surface area contributed by atoms with Crippen LogP contribution in [0.4, 0.5) is 5.69 Å². The van der Waals surface area contributed by atoms with Gasteiger partial charge in [0, 0.05) is 13.0 Å². The number of amides is 2. The average molecular weight is 269 g/mol. The first-order valence-corrected chi connectivity index (χ1v) is 5.89. The van der Waals surface area contributed by atoms with Crippen LogP contribution in [0.25, 0.3) is 0 Å². The number of carbonyl (C=O) groups is 2. The van der Waals surface area contributed by atoms with E-state index in [1.165, 1.54) is 12.0 Å². The number of hydrogen-bond donors (Lipinski definition) is 1. The molecule has 1 heterocycles. The van der Waals surface area contributed by atoms with Crippen molar-refractivity contribution in [3.05, 3.63) is 29.3 Å². The number of carbonyl (C=O) groups excluding carboxylic acids is 2. The third kappa shape index (κ3) is 2.47. The predicted molar refractivity (Wildman–Crippen MR) is 67.1 cm³/mol. The molecule has 1 atom stereocenters. The fourth-order valence-corrected chi connectivity index (χ4v) is 2.21. The summed E-state index contributed by atoms with van der Waals surface area (Å²) in [5.74, 6) is -0.812. The number of halogens is 1. The highest BCUT2D eigenvalue weighted by molar-refractivity contribution is 6.33. The third-order valence-electron chi connectivity index (χ3n) is 2.84. The minimum absolute atomic E-state index is 0.112. The molecule has 0 aliphatic carbocycles. The third-order valence-corrected chi connectivity index (χ3v) is 3.16. The molecule has 6 heteroatoms. The van der Waals surface area contributed by atoms with Gasteiger partial charge in [0.15, 0.2) is 0 Å². The number of nitrogens with zero attached hydrogens (tertiary/aromatic N) is 1. The monoisotopic (exact) mass is 268 g/mol. The maximum atomic E-state index is 11.9. The fraction of sp³-hybridized carbons (Fsp3) is 0.333. The van der Waals surface area contributed by atoms with Gasteiger partial charge in [-0.15, -0.1) is 0 Å². The van der Waals surface area contributed by atoms with Gasteiger partial charge in [0.2, 0.25) is 11.8 Å². The molecular formula is C12H13ClN2O3. The van der Waals surface area contributed by atoms with Gasteiger partial charge < -0.3 is 4.90 Å². The van der Waals surface area contributed by atoms with E-state index in [9.17, 15) is 9.59 Å². The molecule has 1 aromatic carbocycles. The van der Waals surface area contributed by atoms with Crippen molar-refractivity contribution in [3.8, 4) is 0 Å². The highest BCUT2D eigenvalue weighted by atomic mass is 35.5. The molecule has 1 aromatic rings. The number of hydrogen-bond acceptors (Lipinski definition) is 3. The summed E-state index contributed by atoms with van der Waals surface area (Å²) in [4.78, 5) is 29.6. The van der Waals surface area contributed by atoms with Gasteiger partial charge in [0.25, 0.3) is 0 Å². The zero-order valence-electron chi connectivity index (χ0n) is 9.85. The Kier molecular flexibility index (Phi) is 3.84. The van der Waals surface area contributed by atoms with Crippen LogP contribution >= 0.6 is 11.6 Å². The van der Waals surface area contributed by atoms with E-state index in [1.807, 2.05) is 0 Å². The molecule has 1 saturated heterocycles. The quantitative estimate of drug-likeness (QED) is 0.843. The molecule has 1 fully saturated rings. The zero-order valence-corrected chi connectivity index (χ0v) is 10.6. The van der Waals surface area contributed by atoms with Crippen molar-refractivity contribution in [2.75, 3.05) is 18.6 Å². The van der Waals surface area contributed by atoms with Crippen molar-refractivity contribution >= 4 is 29.1 Å². The number of benzene rings is 1. The molecule has 0 saturated carbocycles. The fourth-order valence-electron chi connectivity index (χ4n) is 1.97. The van der Waals surface area contributed by atoms with E-state index in [2.05, 4.69) is 10.3 Å². The Balaban J connectivity index is 2.15. The van der Waals surface area contributed by atoms with Crippen LogP contribution in [0.3, 0.4) is 0 Å². The molecule has 0 aromatic heterocycles. The maximum absolute atomic E-state index is 11.9. The molecule has 0 bridgehead atoms. The van der Waals surface area contributed by atoms with Crippen LogP contribution in [0, 0.1) is 5.92 Å². The van der Waals surface area contributed by atoms with Crippen molar-refractivity contribution in [3.63, 3.8) is 0 Å². The predicted octanol–water partition coefficient (Wildman–Crippen LogP) is 1.37. The Bertz CT molecular complexity index is 478. The lowest BCUT2D eigenvalue weighted by molar-refractivity contribution is -0.135. The highest BCUT2D eigenvalue weighted by Gasteiger charge is 2.35. The molecule has 96 valence electrons. The number of hydroxylamine groups is 1. The van der Waals surface area contributed by atoms with Gasteiger partial charge >= 0.3 is 0 Å². The number of nitrogens with one attached hydrogen (secondary N) is 1. The average Bonchev–Trinajstić information content (AvgIpc) is 2.72. The number of para-hydroxylation sites is 1. The van der Waals surface area contributed by atoms with Gasteiger partial charge in [-0.05, 0) is 12.1 Å². The molecule has 18 heavy (non-hydrogen) atoms. The SMILES string of the molecule is CONC(=O)[C@@H]1CC(=O)N(c2ccccc2Cl)C1. The van der Waals surface area contributed by atoms with Crippen molar-refractivity contribution in [1.82, 2.24) is 5.48 Å². The van der Waals surface area contributed by atoms with Crippen LogP contribution in [0.2, 0.25) is 5.02 Å². The molecule has 0 spiro atoms. The Morgan fingerprint density at radius 2 is 2.22 bits per heavy atom. The molecule has 1 aliphatic heterocycles. The van der Waals surface area contributed by atoms with E-state index in [-0.39, 0.29) is 18.2 Å². The summed E-state index contributed by atoms with van der Waals surface area (Å²) in [7, 11) is 1.36. The summed E-state index contributed by atoms with van der Waals surface area (Å²) in [5, 5.41) is 0.499. The lowest BCUT2D eigenvalue weighted by Crippen LogP contribution is -2.32. The molecule has 0 radical (unpaired) electrons. The Morgan fingerprint density at radius 3 is 2.89 bits per heavy atom. The second-order valence-corrected chi connectivity index (χ2v) is 4.43. The second-order valence-electron chi connectivity index (χ2n) is 4.03. The van der Waals surface area contributed by atoms with Crippen molar-refractivity contribution in [2.24, 2.45) is 5.92 Å². The van der Waals surface area contributed by atoms with Crippen LogP contribution in [0.15, 0.2) is 24.3 Å². The summed E-state index contributed by atoms with van der Waals surface area (Å²) in [6.07, 6.45) is 0.167. The highest BCUT2D eigenvalue weighted by Crippen LogP contribution is 2.30. The summed E-state index contributed by atoms with van der Waals surface area (Å²) in [6.45, 7) is 0.317. The first-order valence-electron chi connectivity index (χ1n) is 5.51. The number of rotatable bonds is 3. The van der Waals surface area contributed by atoms with Gasteiger partial charge in [0.05, 0.1) is 23.7 Å². The second kappa shape index (κ2) is 5.37. The van der Waals surface area contributed by atoms with Gasteiger partial charge in [-0.1, -0.05) is 23.7 Å². The van der Waals surface area contributed by atoms with Crippen molar-refractivity contribution in [1.29, 1.82) is 0 Å². The lowest BCUT2D eigenvalue weighted by Gasteiger charge is -2.17. The molecule has 5 nitrogen and oxygen atoms in total.